The molecule has 0 fully saturated rings. The molecule has 1 aliphatic heterocycles. The van der Waals surface area contributed by atoms with E-state index < -0.39 is 0 Å². The number of aryl methyl sites for hydroxylation is 1. The Morgan fingerprint density at radius 3 is 2.52 bits per heavy atom. The van der Waals surface area contributed by atoms with Gasteiger partial charge in [0.2, 0.25) is 0 Å². The van der Waals surface area contributed by atoms with Crippen molar-refractivity contribution in [3.05, 3.63) is 55.6 Å². The Labute approximate surface area is 141 Å². The molecule has 0 radical (unpaired) electrons. The van der Waals surface area contributed by atoms with Crippen molar-refractivity contribution in [3.63, 3.8) is 0 Å². The van der Waals surface area contributed by atoms with Gasteiger partial charge < -0.3 is 9.47 Å². The van der Waals surface area contributed by atoms with Crippen molar-refractivity contribution in [3.8, 4) is 11.5 Å². The molecule has 0 amide bonds. The van der Waals surface area contributed by atoms with Gasteiger partial charge in [0, 0.05) is 20.8 Å². The Balaban J connectivity index is 2.07. The van der Waals surface area contributed by atoms with Crippen LogP contribution in [0.15, 0.2) is 30.3 Å². The smallest absolute Gasteiger partial charge is 0.195 e. The summed E-state index contributed by atoms with van der Waals surface area (Å²) in [5.74, 6) is 1.04. The van der Waals surface area contributed by atoms with Crippen LogP contribution >= 0.6 is 34.2 Å². The monoisotopic (exact) mass is 414 g/mol. The molecule has 0 aromatic heterocycles. The van der Waals surface area contributed by atoms with E-state index >= 15 is 0 Å². The molecule has 0 saturated heterocycles. The summed E-state index contributed by atoms with van der Waals surface area (Å²) >= 11 is 8.42. The lowest BCUT2D eigenvalue weighted by Crippen LogP contribution is -2.16. The van der Waals surface area contributed by atoms with Crippen LogP contribution in [0.5, 0.6) is 11.5 Å². The molecule has 0 unspecified atom stereocenters. The van der Waals surface area contributed by atoms with Gasteiger partial charge in [-0.2, -0.15) is 0 Å². The third-order valence-electron chi connectivity index (χ3n) is 3.31. The van der Waals surface area contributed by atoms with Crippen LogP contribution < -0.4 is 9.47 Å². The molecule has 108 valence electrons. The second-order valence-electron chi connectivity index (χ2n) is 4.74. The Hall–Kier alpha value is -1.27. The van der Waals surface area contributed by atoms with Gasteiger partial charge in [-0.15, -0.1) is 0 Å². The van der Waals surface area contributed by atoms with Crippen molar-refractivity contribution in [1.82, 2.24) is 0 Å². The van der Waals surface area contributed by atoms with Crippen LogP contribution in [0.25, 0.3) is 0 Å². The second-order valence-corrected chi connectivity index (χ2v) is 6.23. The fourth-order valence-electron chi connectivity index (χ4n) is 2.21. The first-order chi connectivity index (χ1) is 10.1. The molecule has 5 heteroatoms. The zero-order chi connectivity index (χ0) is 15.0. The molecule has 3 nitrogen and oxygen atoms in total. The largest absolute Gasteiger partial charge is 0.486 e. The van der Waals surface area contributed by atoms with Crippen LogP contribution in [-0.2, 0) is 0 Å². The average Bonchev–Trinajstić information content (AvgIpc) is 2.48. The fraction of sp³-hybridized carbons (Fsp3) is 0.188. The predicted octanol–water partition coefficient (Wildman–Crippen LogP) is 4.26. The Morgan fingerprint density at radius 2 is 1.81 bits per heavy atom. The molecule has 1 heterocycles. The number of rotatable bonds is 2. The molecular weight excluding hydrogens is 403 g/mol. The highest BCUT2D eigenvalue weighted by Gasteiger charge is 2.21. The van der Waals surface area contributed by atoms with Crippen LogP contribution in [0.1, 0.15) is 21.5 Å². The lowest BCUT2D eigenvalue weighted by Gasteiger charge is -2.19. The molecular formula is C16H12ClIO3. The summed E-state index contributed by atoms with van der Waals surface area (Å²) in [6.45, 7) is 2.95. The SMILES string of the molecule is Cc1cccc(C(=O)c2cc3c(cc2Cl)OCCO3)c1I. The molecule has 0 atom stereocenters. The summed E-state index contributed by atoms with van der Waals surface area (Å²) in [5.41, 5.74) is 2.15. The highest BCUT2D eigenvalue weighted by Crippen LogP contribution is 2.36. The minimum Gasteiger partial charge on any atom is -0.486 e. The summed E-state index contributed by atoms with van der Waals surface area (Å²) in [6.07, 6.45) is 0. The van der Waals surface area contributed by atoms with Gasteiger partial charge in [0.05, 0.1) is 5.02 Å². The molecule has 0 bridgehead atoms. The van der Waals surface area contributed by atoms with E-state index in [-0.39, 0.29) is 5.78 Å². The van der Waals surface area contributed by atoms with Gasteiger partial charge >= 0.3 is 0 Å². The van der Waals surface area contributed by atoms with Gasteiger partial charge in [-0.25, -0.2) is 0 Å². The van der Waals surface area contributed by atoms with E-state index in [4.69, 9.17) is 21.1 Å². The van der Waals surface area contributed by atoms with E-state index in [0.717, 1.165) is 9.13 Å². The lowest BCUT2D eigenvalue weighted by atomic mass is 10.0. The normalized spacial score (nSPS) is 13.1. The molecule has 0 saturated carbocycles. The minimum absolute atomic E-state index is 0.106. The topological polar surface area (TPSA) is 35.5 Å². The van der Waals surface area contributed by atoms with Crippen LogP contribution in [0.4, 0.5) is 0 Å². The maximum absolute atomic E-state index is 12.7. The van der Waals surface area contributed by atoms with E-state index in [1.807, 2.05) is 25.1 Å². The van der Waals surface area contributed by atoms with Gasteiger partial charge in [-0.3, -0.25) is 4.79 Å². The van der Waals surface area contributed by atoms with E-state index in [9.17, 15) is 4.79 Å². The number of carbonyl (C=O) groups excluding carboxylic acids is 1. The van der Waals surface area contributed by atoms with Crippen molar-refractivity contribution < 1.29 is 14.3 Å². The minimum atomic E-state index is -0.106. The number of carbonyl (C=O) groups is 1. The van der Waals surface area contributed by atoms with E-state index in [1.165, 1.54) is 0 Å². The maximum Gasteiger partial charge on any atom is 0.195 e. The van der Waals surface area contributed by atoms with Gasteiger partial charge in [-0.1, -0.05) is 23.7 Å². The third-order valence-corrected chi connectivity index (χ3v) is 5.06. The number of benzene rings is 2. The Kier molecular flexibility index (Phi) is 4.08. The van der Waals surface area contributed by atoms with Gasteiger partial charge in [0.1, 0.15) is 13.2 Å². The van der Waals surface area contributed by atoms with E-state index in [0.29, 0.717) is 40.9 Å². The van der Waals surface area contributed by atoms with Crippen LogP contribution in [0.2, 0.25) is 5.02 Å². The maximum atomic E-state index is 12.7. The second kappa shape index (κ2) is 5.85. The molecule has 0 N–H and O–H groups in total. The number of hydrogen-bond donors (Lipinski definition) is 0. The predicted molar refractivity (Wildman–Crippen MR) is 89.8 cm³/mol. The summed E-state index contributed by atoms with van der Waals surface area (Å²) in [6, 6.07) is 8.97. The molecule has 1 aliphatic rings. The molecule has 2 aromatic carbocycles. The standard InChI is InChI=1S/C16H12ClIO3/c1-9-3-2-4-10(15(9)18)16(19)11-7-13-14(8-12(11)17)21-6-5-20-13/h2-4,7-8H,5-6H2,1H3. The number of fused-ring (bicyclic) bond motifs is 1. The van der Waals surface area contributed by atoms with Gasteiger partial charge in [0.25, 0.3) is 0 Å². The first kappa shape index (κ1) is 14.7. The van der Waals surface area contributed by atoms with Crippen LogP contribution in [-0.4, -0.2) is 19.0 Å². The summed E-state index contributed by atoms with van der Waals surface area (Å²) in [7, 11) is 0. The number of halogens is 2. The van der Waals surface area contributed by atoms with E-state index in [2.05, 4.69) is 22.6 Å². The molecule has 0 aliphatic carbocycles. The van der Waals surface area contributed by atoms with Gasteiger partial charge in [0.15, 0.2) is 17.3 Å². The fourth-order valence-corrected chi connectivity index (χ4v) is 3.05. The number of ketones is 1. The van der Waals surface area contributed by atoms with Crippen LogP contribution in [0.3, 0.4) is 0 Å². The first-order valence-corrected chi connectivity index (χ1v) is 7.92. The highest BCUT2D eigenvalue weighted by molar-refractivity contribution is 14.1. The zero-order valence-electron chi connectivity index (χ0n) is 11.3. The quantitative estimate of drug-likeness (QED) is 0.544. The lowest BCUT2D eigenvalue weighted by molar-refractivity contribution is 0.103. The molecule has 3 rings (SSSR count). The molecule has 0 spiro atoms. The summed E-state index contributed by atoms with van der Waals surface area (Å²) in [4.78, 5) is 12.7. The molecule has 21 heavy (non-hydrogen) atoms. The van der Waals surface area contributed by atoms with Crippen molar-refractivity contribution in [2.24, 2.45) is 0 Å². The Bertz CT molecular complexity index is 728. The van der Waals surface area contributed by atoms with Crippen molar-refractivity contribution in [2.45, 2.75) is 6.92 Å². The summed E-state index contributed by atoms with van der Waals surface area (Å²) in [5, 5.41) is 0.376. The molecule has 2 aromatic rings. The van der Waals surface area contributed by atoms with E-state index in [1.54, 1.807) is 12.1 Å². The van der Waals surface area contributed by atoms with Gasteiger partial charge in [-0.05, 0) is 47.2 Å². The highest BCUT2D eigenvalue weighted by atomic mass is 127. The van der Waals surface area contributed by atoms with Crippen molar-refractivity contribution >= 4 is 40.0 Å². The third kappa shape index (κ3) is 2.74. The Morgan fingerprint density at radius 1 is 1.14 bits per heavy atom. The number of hydrogen-bond acceptors (Lipinski definition) is 3. The van der Waals surface area contributed by atoms with Crippen molar-refractivity contribution in [2.75, 3.05) is 13.2 Å². The zero-order valence-corrected chi connectivity index (χ0v) is 14.2. The first-order valence-electron chi connectivity index (χ1n) is 6.47. The van der Waals surface area contributed by atoms with Crippen molar-refractivity contribution in [1.29, 1.82) is 0 Å². The average molecular weight is 415 g/mol. The number of ether oxygens (including phenoxy) is 2. The van der Waals surface area contributed by atoms with Crippen LogP contribution in [0, 0.1) is 10.5 Å². The summed E-state index contributed by atoms with van der Waals surface area (Å²) < 4.78 is 11.9.